The summed E-state index contributed by atoms with van der Waals surface area (Å²) in [6, 6.07) is 29.4. The van der Waals surface area contributed by atoms with Crippen LogP contribution in [0.5, 0.6) is 0 Å². The predicted molar refractivity (Wildman–Crippen MR) is 104 cm³/mol. The van der Waals surface area contributed by atoms with Crippen LogP contribution in [0.15, 0.2) is 84.9 Å². The molecular weight excluding hydrogens is 290 g/mol. The van der Waals surface area contributed by atoms with E-state index in [-0.39, 0.29) is 0 Å². The van der Waals surface area contributed by atoms with Gasteiger partial charge in [0.15, 0.2) is 0 Å². The predicted octanol–water partition coefficient (Wildman–Crippen LogP) is 6.06. The first-order chi connectivity index (χ1) is 11.8. The fourth-order valence-electron chi connectivity index (χ4n) is 3.55. The molecule has 0 aliphatic carbocycles. The lowest BCUT2D eigenvalue weighted by Crippen LogP contribution is -1.98. The number of rotatable bonds is 2. The lowest BCUT2D eigenvalue weighted by Gasteiger charge is -2.19. The molecule has 0 spiro atoms. The Balaban J connectivity index is 2.16. The summed E-state index contributed by atoms with van der Waals surface area (Å²) in [5, 5.41) is 2.32. The quantitative estimate of drug-likeness (QED) is 0.447. The molecule has 116 valence electrons. The normalized spacial score (nSPS) is 10.9. The van der Waals surface area contributed by atoms with Crippen molar-refractivity contribution in [2.75, 3.05) is 5.73 Å². The van der Waals surface area contributed by atoms with Gasteiger partial charge in [0.1, 0.15) is 0 Å². The summed E-state index contributed by atoms with van der Waals surface area (Å²) in [6.45, 7) is 2.17. The Morgan fingerprint density at radius 2 is 1.00 bits per heavy atom. The van der Waals surface area contributed by atoms with Gasteiger partial charge in [0.25, 0.3) is 0 Å². The van der Waals surface area contributed by atoms with Crippen molar-refractivity contribution in [1.29, 1.82) is 0 Å². The van der Waals surface area contributed by atoms with Gasteiger partial charge < -0.3 is 5.73 Å². The standard InChI is InChI=1S/C23H19N/c1-16-21(17-10-4-2-5-11-17)19-14-8-9-15-20(19)23(24)22(16)18-12-6-3-7-13-18/h2-15H,24H2,1H3. The summed E-state index contributed by atoms with van der Waals surface area (Å²) >= 11 is 0. The second kappa shape index (κ2) is 5.86. The second-order valence-electron chi connectivity index (χ2n) is 6.07. The Morgan fingerprint density at radius 1 is 0.542 bits per heavy atom. The minimum atomic E-state index is 0.856. The molecule has 2 N–H and O–H groups in total. The number of benzene rings is 4. The maximum absolute atomic E-state index is 6.60. The zero-order valence-corrected chi connectivity index (χ0v) is 13.7. The minimum Gasteiger partial charge on any atom is -0.398 e. The smallest absolute Gasteiger partial charge is 0.0476 e. The van der Waals surface area contributed by atoms with Crippen molar-refractivity contribution in [3.8, 4) is 22.3 Å². The van der Waals surface area contributed by atoms with Crippen LogP contribution in [0.4, 0.5) is 5.69 Å². The van der Waals surface area contributed by atoms with Crippen LogP contribution in [0.2, 0.25) is 0 Å². The molecule has 0 fully saturated rings. The fourth-order valence-corrected chi connectivity index (χ4v) is 3.55. The third kappa shape index (κ3) is 2.26. The van der Waals surface area contributed by atoms with Crippen LogP contribution in [0, 0.1) is 6.92 Å². The number of hydrogen-bond donors (Lipinski definition) is 1. The molecule has 0 amide bonds. The minimum absolute atomic E-state index is 0.856. The van der Waals surface area contributed by atoms with Crippen molar-refractivity contribution < 1.29 is 0 Å². The van der Waals surface area contributed by atoms with E-state index in [0.29, 0.717) is 0 Å². The van der Waals surface area contributed by atoms with Gasteiger partial charge in [-0.25, -0.2) is 0 Å². The van der Waals surface area contributed by atoms with Crippen LogP contribution in [0.25, 0.3) is 33.0 Å². The highest BCUT2D eigenvalue weighted by molar-refractivity contribution is 6.10. The number of nitrogen functional groups attached to an aromatic ring is 1. The van der Waals surface area contributed by atoms with Gasteiger partial charge in [0.2, 0.25) is 0 Å². The molecule has 0 saturated carbocycles. The monoisotopic (exact) mass is 309 g/mol. The average molecular weight is 309 g/mol. The fraction of sp³-hybridized carbons (Fsp3) is 0.0435. The first-order valence-electron chi connectivity index (χ1n) is 8.19. The topological polar surface area (TPSA) is 26.0 Å². The van der Waals surface area contributed by atoms with Crippen LogP contribution in [0.3, 0.4) is 0 Å². The molecule has 0 saturated heterocycles. The van der Waals surface area contributed by atoms with Gasteiger partial charge in [-0.3, -0.25) is 0 Å². The van der Waals surface area contributed by atoms with E-state index in [0.717, 1.165) is 22.2 Å². The van der Waals surface area contributed by atoms with Gasteiger partial charge in [-0.2, -0.15) is 0 Å². The van der Waals surface area contributed by atoms with E-state index in [9.17, 15) is 0 Å². The van der Waals surface area contributed by atoms with Crippen molar-refractivity contribution in [2.24, 2.45) is 0 Å². The molecule has 4 aromatic rings. The van der Waals surface area contributed by atoms with E-state index in [2.05, 4.69) is 85.8 Å². The molecule has 0 unspecified atom stereocenters. The molecule has 24 heavy (non-hydrogen) atoms. The van der Waals surface area contributed by atoms with Crippen LogP contribution in [-0.2, 0) is 0 Å². The molecule has 1 nitrogen and oxygen atoms in total. The summed E-state index contributed by atoms with van der Waals surface area (Å²) in [5.74, 6) is 0. The highest BCUT2D eigenvalue weighted by Gasteiger charge is 2.17. The third-order valence-electron chi connectivity index (χ3n) is 4.63. The van der Waals surface area contributed by atoms with Gasteiger partial charge in [-0.1, -0.05) is 84.9 Å². The van der Waals surface area contributed by atoms with E-state index < -0.39 is 0 Å². The molecule has 0 radical (unpaired) electrons. The molecule has 4 rings (SSSR count). The van der Waals surface area contributed by atoms with Crippen LogP contribution in [-0.4, -0.2) is 0 Å². The second-order valence-corrected chi connectivity index (χ2v) is 6.07. The molecule has 0 aromatic heterocycles. The van der Waals surface area contributed by atoms with Gasteiger partial charge in [-0.05, 0) is 34.6 Å². The molecule has 4 aromatic carbocycles. The van der Waals surface area contributed by atoms with E-state index in [1.807, 2.05) is 6.07 Å². The molecule has 0 aliphatic rings. The van der Waals surface area contributed by atoms with Crippen molar-refractivity contribution >= 4 is 16.5 Å². The molecule has 0 atom stereocenters. The summed E-state index contributed by atoms with van der Waals surface area (Å²) in [4.78, 5) is 0. The summed E-state index contributed by atoms with van der Waals surface area (Å²) in [6.07, 6.45) is 0. The SMILES string of the molecule is Cc1c(-c2ccccc2)c(N)c2ccccc2c1-c1ccccc1. The van der Waals surface area contributed by atoms with Crippen molar-refractivity contribution in [3.63, 3.8) is 0 Å². The summed E-state index contributed by atoms with van der Waals surface area (Å²) in [7, 11) is 0. The number of anilines is 1. The lowest BCUT2D eigenvalue weighted by atomic mass is 9.86. The highest BCUT2D eigenvalue weighted by atomic mass is 14.6. The van der Waals surface area contributed by atoms with E-state index in [1.54, 1.807) is 0 Å². The Bertz CT molecular complexity index is 1000. The number of hydrogen-bond acceptors (Lipinski definition) is 1. The zero-order chi connectivity index (χ0) is 16.5. The molecule has 0 heterocycles. The third-order valence-corrected chi connectivity index (χ3v) is 4.63. The van der Waals surface area contributed by atoms with Crippen molar-refractivity contribution in [2.45, 2.75) is 6.92 Å². The number of fused-ring (bicyclic) bond motifs is 1. The average Bonchev–Trinajstić information content (AvgIpc) is 2.64. The molecule has 0 aliphatic heterocycles. The maximum atomic E-state index is 6.60. The van der Waals surface area contributed by atoms with Gasteiger partial charge >= 0.3 is 0 Å². The van der Waals surface area contributed by atoms with E-state index >= 15 is 0 Å². The first kappa shape index (κ1) is 14.5. The van der Waals surface area contributed by atoms with Crippen molar-refractivity contribution in [3.05, 3.63) is 90.5 Å². The highest BCUT2D eigenvalue weighted by Crippen LogP contribution is 2.42. The molecule has 0 bridgehead atoms. The Morgan fingerprint density at radius 3 is 1.58 bits per heavy atom. The Labute approximate surface area is 142 Å². The van der Waals surface area contributed by atoms with Gasteiger partial charge in [0.05, 0.1) is 0 Å². The molecular formula is C23H19N. The van der Waals surface area contributed by atoms with E-state index in [4.69, 9.17) is 5.73 Å². The lowest BCUT2D eigenvalue weighted by molar-refractivity contribution is 1.47. The van der Waals surface area contributed by atoms with Crippen molar-refractivity contribution in [1.82, 2.24) is 0 Å². The van der Waals surface area contributed by atoms with Gasteiger partial charge in [-0.15, -0.1) is 0 Å². The van der Waals surface area contributed by atoms with Crippen LogP contribution in [0.1, 0.15) is 5.56 Å². The van der Waals surface area contributed by atoms with Crippen LogP contribution < -0.4 is 5.73 Å². The maximum Gasteiger partial charge on any atom is 0.0476 e. The Kier molecular flexibility index (Phi) is 3.55. The first-order valence-corrected chi connectivity index (χ1v) is 8.19. The molecule has 1 heteroatoms. The zero-order valence-electron chi connectivity index (χ0n) is 13.7. The number of nitrogens with two attached hydrogens (primary N) is 1. The Hall–Kier alpha value is -3.06. The summed E-state index contributed by atoms with van der Waals surface area (Å²) in [5.41, 5.74) is 13.5. The van der Waals surface area contributed by atoms with E-state index in [1.165, 1.54) is 22.1 Å². The largest absolute Gasteiger partial charge is 0.398 e. The van der Waals surface area contributed by atoms with Gasteiger partial charge in [0, 0.05) is 16.6 Å². The van der Waals surface area contributed by atoms with Crippen LogP contribution >= 0.6 is 0 Å². The summed E-state index contributed by atoms with van der Waals surface area (Å²) < 4.78 is 0.